The fourth-order valence-electron chi connectivity index (χ4n) is 2.97. The Labute approximate surface area is 167 Å². The summed E-state index contributed by atoms with van der Waals surface area (Å²) >= 11 is 6.07. The molecule has 146 valence electrons. The topological polar surface area (TPSA) is 76.3 Å². The molecule has 0 aliphatic rings. The van der Waals surface area contributed by atoms with Gasteiger partial charge >= 0.3 is 5.69 Å². The Morgan fingerprint density at radius 1 is 1.18 bits per heavy atom. The lowest BCUT2D eigenvalue weighted by Crippen LogP contribution is -2.39. The first kappa shape index (κ1) is 19.9. The Morgan fingerprint density at radius 2 is 1.96 bits per heavy atom. The first-order chi connectivity index (χ1) is 13.4. The minimum atomic E-state index is -0.434. The number of nitrogens with one attached hydrogen (secondary N) is 1. The lowest BCUT2D eigenvalue weighted by Gasteiger charge is -2.15. The third-order valence-corrected chi connectivity index (χ3v) is 4.57. The third kappa shape index (κ3) is 4.03. The van der Waals surface area contributed by atoms with E-state index in [2.05, 4.69) is 5.32 Å². The van der Waals surface area contributed by atoms with Gasteiger partial charge in [0.15, 0.2) is 0 Å². The molecule has 0 radical (unpaired) electrons. The zero-order chi connectivity index (χ0) is 20.3. The number of allylic oxidation sites excluding steroid dienone is 2. The molecule has 2 aromatic carbocycles. The standard InChI is InChI=1S/C21H22ClN3O3/c1-14(2)8-10-24-19-13-16(23-9-11-26)6-7-18(19)20(27)25(21(24)28)17-5-3-4-15(22)12-17/h3-8,12-13,23,26H,9-11H2,1-2H3. The summed E-state index contributed by atoms with van der Waals surface area (Å²) in [5.74, 6) is 0. The number of benzene rings is 2. The Hall–Kier alpha value is -2.83. The minimum Gasteiger partial charge on any atom is -0.395 e. The number of hydrogen-bond acceptors (Lipinski definition) is 4. The van der Waals surface area contributed by atoms with E-state index in [0.717, 1.165) is 15.8 Å². The van der Waals surface area contributed by atoms with Crippen LogP contribution in [-0.4, -0.2) is 27.4 Å². The quantitative estimate of drug-likeness (QED) is 0.624. The molecule has 0 bridgehead atoms. The first-order valence-corrected chi connectivity index (χ1v) is 9.34. The first-order valence-electron chi connectivity index (χ1n) is 8.96. The van der Waals surface area contributed by atoms with Crippen molar-refractivity contribution in [2.75, 3.05) is 18.5 Å². The largest absolute Gasteiger partial charge is 0.395 e. The maximum Gasteiger partial charge on any atom is 0.336 e. The van der Waals surface area contributed by atoms with Gasteiger partial charge in [0.25, 0.3) is 5.56 Å². The van der Waals surface area contributed by atoms with Crippen LogP contribution in [0.1, 0.15) is 13.8 Å². The molecule has 7 heteroatoms. The number of halogens is 1. The molecule has 0 atom stereocenters. The van der Waals surface area contributed by atoms with Gasteiger partial charge in [-0.3, -0.25) is 9.36 Å². The molecule has 2 N–H and O–H groups in total. The average Bonchev–Trinajstić information content (AvgIpc) is 2.66. The molecule has 1 heterocycles. The predicted molar refractivity (Wildman–Crippen MR) is 114 cm³/mol. The molecule has 0 aliphatic heterocycles. The zero-order valence-corrected chi connectivity index (χ0v) is 16.5. The zero-order valence-electron chi connectivity index (χ0n) is 15.8. The number of aliphatic hydroxyl groups is 1. The van der Waals surface area contributed by atoms with E-state index in [0.29, 0.717) is 34.7 Å². The van der Waals surface area contributed by atoms with E-state index < -0.39 is 11.2 Å². The van der Waals surface area contributed by atoms with Gasteiger partial charge < -0.3 is 10.4 Å². The highest BCUT2D eigenvalue weighted by Gasteiger charge is 2.15. The van der Waals surface area contributed by atoms with Crippen molar-refractivity contribution in [1.82, 2.24) is 9.13 Å². The third-order valence-electron chi connectivity index (χ3n) is 4.33. The second-order valence-electron chi connectivity index (χ2n) is 6.68. The summed E-state index contributed by atoms with van der Waals surface area (Å²) in [5.41, 5.74) is 1.93. The van der Waals surface area contributed by atoms with Gasteiger partial charge in [-0.25, -0.2) is 9.36 Å². The lowest BCUT2D eigenvalue weighted by molar-refractivity contribution is 0.311. The summed E-state index contributed by atoms with van der Waals surface area (Å²) in [6.07, 6.45) is 1.93. The van der Waals surface area contributed by atoms with Crippen LogP contribution >= 0.6 is 11.6 Å². The van der Waals surface area contributed by atoms with Gasteiger partial charge in [0.2, 0.25) is 0 Å². The molecule has 0 saturated heterocycles. The summed E-state index contributed by atoms with van der Waals surface area (Å²) in [4.78, 5) is 26.4. The number of anilines is 1. The van der Waals surface area contributed by atoms with E-state index in [-0.39, 0.29) is 6.61 Å². The van der Waals surface area contributed by atoms with E-state index in [1.807, 2.05) is 19.9 Å². The van der Waals surface area contributed by atoms with Gasteiger partial charge in [0.1, 0.15) is 0 Å². The molecule has 0 spiro atoms. The van der Waals surface area contributed by atoms with Crippen molar-refractivity contribution < 1.29 is 5.11 Å². The molecule has 3 aromatic rings. The fourth-order valence-corrected chi connectivity index (χ4v) is 3.15. The Bertz CT molecular complexity index is 1160. The molecule has 1 aromatic heterocycles. The number of aliphatic hydroxyl groups excluding tert-OH is 1. The molecular weight excluding hydrogens is 378 g/mol. The van der Waals surface area contributed by atoms with Gasteiger partial charge in [-0.05, 0) is 50.2 Å². The van der Waals surface area contributed by atoms with Gasteiger partial charge in [0.05, 0.1) is 23.2 Å². The van der Waals surface area contributed by atoms with E-state index in [1.165, 1.54) is 0 Å². The maximum atomic E-state index is 13.2. The van der Waals surface area contributed by atoms with Crippen LogP contribution in [-0.2, 0) is 6.54 Å². The van der Waals surface area contributed by atoms with Gasteiger partial charge in [0, 0.05) is 23.8 Å². The van der Waals surface area contributed by atoms with Crippen LogP contribution in [0.2, 0.25) is 5.02 Å². The highest BCUT2D eigenvalue weighted by atomic mass is 35.5. The van der Waals surface area contributed by atoms with Gasteiger partial charge in [-0.15, -0.1) is 0 Å². The van der Waals surface area contributed by atoms with E-state index in [4.69, 9.17) is 16.7 Å². The molecule has 28 heavy (non-hydrogen) atoms. The Balaban J connectivity index is 2.33. The fraction of sp³-hybridized carbons (Fsp3) is 0.238. The van der Waals surface area contributed by atoms with Crippen molar-refractivity contribution in [1.29, 1.82) is 0 Å². The number of aromatic nitrogens is 2. The molecule has 0 amide bonds. The van der Waals surface area contributed by atoms with Crippen LogP contribution in [0.3, 0.4) is 0 Å². The molecule has 0 unspecified atom stereocenters. The number of hydrogen-bond donors (Lipinski definition) is 2. The lowest BCUT2D eigenvalue weighted by atomic mass is 10.2. The van der Waals surface area contributed by atoms with Crippen LogP contribution in [0.4, 0.5) is 5.69 Å². The van der Waals surface area contributed by atoms with Crippen molar-refractivity contribution in [2.24, 2.45) is 0 Å². The average molecular weight is 400 g/mol. The van der Waals surface area contributed by atoms with E-state index in [1.54, 1.807) is 47.0 Å². The van der Waals surface area contributed by atoms with Crippen molar-refractivity contribution in [2.45, 2.75) is 20.4 Å². The van der Waals surface area contributed by atoms with Crippen molar-refractivity contribution >= 4 is 28.2 Å². The number of nitrogens with zero attached hydrogens (tertiary/aromatic N) is 2. The van der Waals surface area contributed by atoms with E-state index in [9.17, 15) is 9.59 Å². The van der Waals surface area contributed by atoms with Crippen LogP contribution in [0.15, 0.2) is 63.7 Å². The summed E-state index contributed by atoms with van der Waals surface area (Å²) in [6.45, 7) is 4.60. The second kappa shape index (κ2) is 8.46. The van der Waals surface area contributed by atoms with Crippen LogP contribution in [0.5, 0.6) is 0 Å². The normalized spacial score (nSPS) is 10.9. The van der Waals surface area contributed by atoms with Crippen LogP contribution in [0, 0.1) is 0 Å². The smallest absolute Gasteiger partial charge is 0.336 e. The highest BCUT2D eigenvalue weighted by molar-refractivity contribution is 6.30. The summed E-state index contributed by atoms with van der Waals surface area (Å²) in [6, 6.07) is 11.9. The molecule has 0 saturated carbocycles. The van der Waals surface area contributed by atoms with Crippen LogP contribution < -0.4 is 16.6 Å². The molecule has 3 rings (SSSR count). The Morgan fingerprint density at radius 3 is 2.64 bits per heavy atom. The highest BCUT2D eigenvalue weighted by Crippen LogP contribution is 2.18. The van der Waals surface area contributed by atoms with Crippen LogP contribution in [0.25, 0.3) is 16.6 Å². The molecular formula is C21H22ClN3O3. The molecule has 0 fully saturated rings. The van der Waals surface area contributed by atoms with Crippen molar-refractivity contribution in [3.8, 4) is 5.69 Å². The monoisotopic (exact) mass is 399 g/mol. The summed E-state index contributed by atoms with van der Waals surface area (Å²) in [7, 11) is 0. The van der Waals surface area contributed by atoms with Gasteiger partial charge in [-0.1, -0.05) is 29.3 Å². The molecule has 0 aliphatic carbocycles. The number of fused-ring (bicyclic) bond motifs is 1. The second-order valence-corrected chi connectivity index (χ2v) is 7.11. The van der Waals surface area contributed by atoms with E-state index >= 15 is 0 Å². The van der Waals surface area contributed by atoms with Crippen molar-refractivity contribution in [3.63, 3.8) is 0 Å². The van der Waals surface area contributed by atoms with Crippen molar-refractivity contribution in [3.05, 3.63) is 80.0 Å². The molecule has 6 nitrogen and oxygen atoms in total. The maximum absolute atomic E-state index is 13.2. The minimum absolute atomic E-state index is 0.0149. The number of rotatable bonds is 6. The predicted octanol–water partition coefficient (Wildman–Crippen LogP) is 3.18. The Kier molecular flexibility index (Phi) is 6.02. The SMILES string of the molecule is CC(C)=CCn1c(=O)n(-c2cccc(Cl)c2)c(=O)c2ccc(NCCO)cc21. The summed E-state index contributed by atoms with van der Waals surface area (Å²) < 4.78 is 2.71. The summed E-state index contributed by atoms with van der Waals surface area (Å²) in [5, 5.41) is 13.0. The van der Waals surface area contributed by atoms with Gasteiger partial charge in [-0.2, -0.15) is 0 Å².